The van der Waals surface area contributed by atoms with Gasteiger partial charge in [-0.3, -0.25) is 4.79 Å². The number of hydrogen-bond acceptors (Lipinski definition) is 4. The molecule has 2 heterocycles. The quantitative estimate of drug-likeness (QED) is 0.730. The van der Waals surface area contributed by atoms with E-state index in [-0.39, 0.29) is 30.8 Å². The van der Waals surface area contributed by atoms with Crippen LogP contribution in [0.1, 0.15) is 24.8 Å². The number of carbonyl (C=O) groups excluding carboxylic acids is 1. The predicted molar refractivity (Wildman–Crippen MR) is 110 cm³/mol. The zero-order chi connectivity index (χ0) is 16.9. The summed E-state index contributed by atoms with van der Waals surface area (Å²) in [4.78, 5) is 12.2. The molecule has 0 aliphatic carbocycles. The Morgan fingerprint density at radius 3 is 2.73 bits per heavy atom. The summed E-state index contributed by atoms with van der Waals surface area (Å²) in [7, 11) is 2.01. The van der Waals surface area contributed by atoms with E-state index in [1.165, 1.54) is 12.8 Å². The Morgan fingerprint density at radius 1 is 1.31 bits per heavy atom. The molecule has 0 unspecified atom stereocenters. The van der Waals surface area contributed by atoms with Crippen molar-refractivity contribution in [3.05, 3.63) is 36.0 Å². The number of nitrogens with zero attached hydrogens (tertiary/aromatic N) is 1. The summed E-state index contributed by atoms with van der Waals surface area (Å²) < 4.78 is 7.48. The van der Waals surface area contributed by atoms with Crippen molar-refractivity contribution in [1.29, 1.82) is 0 Å². The zero-order valence-electron chi connectivity index (χ0n) is 15.1. The van der Waals surface area contributed by atoms with Gasteiger partial charge in [0, 0.05) is 30.6 Å². The molecule has 26 heavy (non-hydrogen) atoms. The number of carbonyl (C=O) groups is 1. The number of ether oxygens (including phenoxy) is 1. The predicted octanol–water partition coefficient (Wildman–Crippen LogP) is 2.82. The Bertz CT molecular complexity index is 699. The van der Waals surface area contributed by atoms with Gasteiger partial charge >= 0.3 is 5.97 Å². The molecule has 3 rings (SSSR count). The molecule has 1 aromatic carbocycles. The summed E-state index contributed by atoms with van der Waals surface area (Å²) in [5, 5.41) is 4.50. The van der Waals surface area contributed by atoms with Crippen LogP contribution in [0.25, 0.3) is 10.9 Å². The van der Waals surface area contributed by atoms with Crippen molar-refractivity contribution in [3.63, 3.8) is 0 Å². The van der Waals surface area contributed by atoms with Crippen LogP contribution in [0.4, 0.5) is 0 Å². The molecule has 1 aliphatic heterocycles. The summed E-state index contributed by atoms with van der Waals surface area (Å²) in [5.41, 5.74) is 8.32. The molecule has 0 spiro atoms. The number of rotatable bonds is 6. The Labute approximate surface area is 167 Å². The third kappa shape index (κ3) is 5.61. The monoisotopic (exact) mass is 401 g/mol. The van der Waals surface area contributed by atoms with Gasteiger partial charge in [-0.25, -0.2) is 0 Å². The maximum atomic E-state index is 12.2. The van der Waals surface area contributed by atoms with E-state index in [1.807, 2.05) is 25.4 Å². The largest absolute Gasteiger partial charge is 0.465 e. The normalized spacial score (nSPS) is 15.8. The summed E-state index contributed by atoms with van der Waals surface area (Å²) >= 11 is 0. The number of aromatic nitrogens is 1. The third-order valence-electron chi connectivity index (χ3n) is 4.95. The fourth-order valence-electron chi connectivity index (χ4n) is 3.51. The molecule has 0 saturated carbocycles. The zero-order valence-corrected chi connectivity index (χ0v) is 16.8. The number of para-hydroxylation sites is 1. The van der Waals surface area contributed by atoms with Gasteiger partial charge in [0.25, 0.3) is 0 Å². The van der Waals surface area contributed by atoms with E-state index in [2.05, 4.69) is 22.0 Å². The molecule has 3 N–H and O–H groups in total. The fraction of sp³-hybridized carbons (Fsp3) is 0.526. The van der Waals surface area contributed by atoms with Crippen LogP contribution in [-0.2, 0) is 23.0 Å². The van der Waals surface area contributed by atoms with Crippen molar-refractivity contribution in [3.8, 4) is 0 Å². The molecule has 1 atom stereocenters. The Kier molecular flexibility index (Phi) is 9.44. The lowest BCUT2D eigenvalue weighted by molar-refractivity contribution is -0.145. The van der Waals surface area contributed by atoms with Gasteiger partial charge in [-0.1, -0.05) is 18.2 Å². The molecule has 1 fully saturated rings. The number of fused-ring (bicyclic) bond motifs is 1. The first-order valence-corrected chi connectivity index (χ1v) is 8.81. The van der Waals surface area contributed by atoms with Crippen LogP contribution in [0, 0.1) is 5.92 Å². The highest BCUT2D eigenvalue weighted by Gasteiger charge is 2.19. The van der Waals surface area contributed by atoms with E-state index >= 15 is 0 Å². The number of hydrogen-bond donors (Lipinski definition) is 2. The molecule has 0 bridgehead atoms. The van der Waals surface area contributed by atoms with E-state index in [4.69, 9.17) is 10.5 Å². The van der Waals surface area contributed by atoms with Crippen LogP contribution in [-0.4, -0.2) is 36.3 Å². The Balaban J connectivity index is 0.00000169. The fourth-order valence-corrected chi connectivity index (χ4v) is 3.51. The van der Waals surface area contributed by atoms with Crippen LogP contribution in [0.5, 0.6) is 0 Å². The van der Waals surface area contributed by atoms with Gasteiger partial charge < -0.3 is 20.4 Å². The minimum absolute atomic E-state index is 0. The molecule has 1 aromatic heterocycles. The van der Waals surface area contributed by atoms with Crippen LogP contribution in [0.15, 0.2) is 30.5 Å². The average molecular weight is 402 g/mol. The first kappa shape index (κ1) is 22.8. The van der Waals surface area contributed by atoms with E-state index in [9.17, 15) is 4.79 Å². The van der Waals surface area contributed by atoms with Crippen molar-refractivity contribution in [2.45, 2.75) is 31.7 Å². The van der Waals surface area contributed by atoms with Gasteiger partial charge in [0.05, 0.1) is 6.61 Å². The highest BCUT2D eigenvalue weighted by Crippen LogP contribution is 2.21. The second-order valence-corrected chi connectivity index (χ2v) is 6.74. The van der Waals surface area contributed by atoms with Crippen molar-refractivity contribution in [2.75, 3.05) is 19.7 Å². The van der Waals surface area contributed by atoms with Gasteiger partial charge in [-0.2, -0.15) is 0 Å². The van der Waals surface area contributed by atoms with Crippen molar-refractivity contribution < 1.29 is 9.53 Å². The highest BCUT2D eigenvalue weighted by atomic mass is 35.5. The molecule has 0 radical (unpaired) electrons. The molecular formula is C19H29Cl2N3O2. The lowest BCUT2D eigenvalue weighted by Gasteiger charge is -2.22. The summed E-state index contributed by atoms with van der Waals surface area (Å²) in [6.45, 7) is 2.62. The first-order valence-electron chi connectivity index (χ1n) is 8.81. The number of halogens is 2. The van der Waals surface area contributed by atoms with Crippen LogP contribution in [0.2, 0.25) is 0 Å². The van der Waals surface area contributed by atoms with Crippen LogP contribution in [0.3, 0.4) is 0 Å². The van der Waals surface area contributed by atoms with Gasteiger partial charge in [0.1, 0.15) is 6.04 Å². The van der Waals surface area contributed by atoms with E-state index < -0.39 is 6.04 Å². The smallest absolute Gasteiger partial charge is 0.323 e. The molecular weight excluding hydrogens is 373 g/mol. The second-order valence-electron chi connectivity index (χ2n) is 6.74. The highest BCUT2D eigenvalue weighted by molar-refractivity contribution is 5.86. The van der Waals surface area contributed by atoms with Gasteiger partial charge in [-0.05, 0) is 49.9 Å². The van der Waals surface area contributed by atoms with Crippen molar-refractivity contribution in [1.82, 2.24) is 9.88 Å². The maximum absolute atomic E-state index is 12.2. The topological polar surface area (TPSA) is 69.3 Å². The van der Waals surface area contributed by atoms with E-state index in [0.717, 1.165) is 36.0 Å². The molecule has 5 nitrogen and oxygen atoms in total. The van der Waals surface area contributed by atoms with Crippen molar-refractivity contribution >= 4 is 41.7 Å². The number of piperidine rings is 1. The minimum atomic E-state index is -0.608. The van der Waals surface area contributed by atoms with Crippen molar-refractivity contribution in [2.24, 2.45) is 18.7 Å². The van der Waals surface area contributed by atoms with Crippen LogP contribution < -0.4 is 11.1 Å². The minimum Gasteiger partial charge on any atom is -0.465 e. The first-order chi connectivity index (χ1) is 11.6. The molecule has 1 saturated heterocycles. The lowest BCUT2D eigenvalue weighted by atomic mass is 9.95. The second kappa shape index (κ2) is 10.8. The molecule has 0 amide bonds. The number of aryl methyl sites for hydroxylation is 1. The number of benzene rings is 1. The van der Waals surface area contributed by atoms with E-state index in [0.29, 0.717) is 18.9 Å². The van der Waals surface area contributed by atoms with E-state index in [1.54, 1.807) is 0 Å². The third-order valence-corrected chi connectivity index (χ3v) is 4.95. The number of nitrogens with two attached hydrogens (primary N) is 1. The summed E-state index contributed by atoms with van der Waals surface area (Å²) in [6.07, 6.45) is 5.83. The Morgan fingerprint density at radius 2 is 2.00 bits per heavy atom. The summed E-state index contributed by atoms with van der Waals surface area (Å²) in [5.74, 6) is 0.366. The molecule has 2 aromatic rings. The lowest BCUT2D eigenvalue weighted by Crippen LogP contribution is -2.35. The molecule has 1 aliphatic rings. The number of nitrogens with one attached hydrogen (secondary N) is 1. The average Bonchev–Trinajstić information content (AvgIpc) is 2.92. The standard InChI is InChI=1S/C19H27N3O2.2ClH/c1-22-13-15(16-4-2-3-5-18(16)22)12-17(20)19(23)24-11-8-14-6-9-21-10-7-14;;/h2-5,13-14,17,21H,6-12,20H2,1H3;2*1H/t17-;;/m1../s1. The van der Waals surface area contributed by atoms with Gasteiger partial charge in [0.15, 0.2) is 0 Å². The summed E-state index contributed by atoms with van der Waals surface area (Å²) in [6, 6.07) is 7.56. The maximum Gasteiger partial charge on any atom is 0.323 e. The Hall–Kier alpha value is -1.27. The molecule has 7 heteroatoms. The number of esters is 1. The van der Waals surface area contributed by atoms with Gasteiger partial charge in [-0.15, -0.1) is 24.8 Å². The SMILES string of the molecule is Cl.Cl.Cn1cc(C[C@@H](N)C(=O)OCCC2CCNCC2)c2ccccc21. The molecule has 146 valence electrons. The van der Waals surface area contributed by atoms with Gasteiger partial charge in [0.2, 0.25) is 0 Å². The van der Waals surface area contributed by atoms with Crippen LogP contribution >= 0.6 is 24.8 Å².